The van der Waals surface area contributed by atoms with Crippen LogP contribution in [0.15, 0.2) is 122 Å². The van der Waals surface area contributed by atoms with E-state index in [0.717, 1.165) is 128 Å². The monoisotopic (exact) mass is 1490 g/mol. The van der Waals surface area contributed by atoms with Crippen LogP contribution in [0.25, 0.3) is 0 Å². The fourth-order valence-corrected chi connectivity index (χ4v) is 12.5. The van der Waals surface area contributed by atoms with Gasteiger partial charge in [0.2, 0.25) is 0 Å². The van der Waals surface area contributed by atoms with Gasteiger partial charge >= 0.3 is 33.6 Å². The van der Waals surface area contributed by atoms with Gasteiger partial charge < -0.3 is 34.2 Å². The van der Waals surface area contributed by atoms with Crippen LogP contribution in [0.1, 0.15) is 342 Å². The topological polar surface area (TPSA) is 231 Å². The van der Waals surface area contributed by atoms with Crippen molar-refractivity contribution in [2.45, 2.75) is 360 Å². The molecule has 5 atom stereocenters. The minimum atomic E-state index is -4.94. The summed E-state index contributed by atoms with van der Waals surface area (Å²) in [4.78, 5) is 58.6. The predicted molar refractivity (Wildman–Crippen MR) is 427 cm³/mol. The summed E-state index contributed by atoms with van der Waals surface area (Å²) in [6.07, 6.45) is 92.8. The van der Waals surface area contributed by atoms with Gasteiger partial charge in [0.25, 0.3) is 0 Å². The number of ether oxygens (including phenoxy) is 3. The van der Waals surface area contributed by atoms with Gasteiger partial charge in [-0.15, -0.1) is 0 Å². The normalized spacial score (nSPS) is 14.6. The summed E-state index contributed by atoms with van der Waals surface area (Å²) < 4.78 is 61.1. The zero-order chi connectivity index (χ0) is 75.2. The molecule has 594 valence electrons. The Labute approximate surface area is 627 Å². The van der Waals surface area contributed by atoms with Crippen molar-refractivity contribution in [1.29, 1.82) is 0 Å². The lowest BCUT2D eigenvalue weighted by molar-refractivity contribution is -0.161. The van der Waals surface area contributed by atoms with E-state index in [4.69, 9.17) is 32.3 Å². The number of hydrogen-bond donors (Lipinski definition) is 4. The Bertz CT molecular complexity index is 2360. The number of aliphatic hydroxyl groups excluding tert-OH is 2. The van der Waals surface area contributed by atoms with Gasteiger partial charge in [0, 0.05) is 19.3 Å². The molecule has 0 radical (unpaired) electrons. The molecule has 4 N–H and O–H groups in total. The van der Waals surface area contributed by atoms with Gasteiger partial charge in [-0.25, -0.2) is 9.13 Å². The fraction of sp³-hybridized carbons (Fsp3) is 0.729. The summed E-state index contributed by atoms with van der Waals surface area (Å²) in [5, 5.41) is 20.6. The number of carbonyl (C=O) groups excluding carboxylic acids is 3. The Morgan fingerprint density at radius 1 is 0.282 bits per heavy atom. The third-order valence-electron chi connectivity index (χ3n) is 17.1. The van der Waals surface area contributed by atoms with Crippen molar-refractivity contribution in [1.82, 2.24) is 0 Å². The molecule has 0 saturated heterocycles. The molecular formula is C85H148O16P2. The van der Waals surface area contributed by atoms with E-state index in [1.165, 1.54) is 154 Å². The van der Waals surface area contributed by atoms with Crippen LogP contribution in [0, 0.1) is 0 Å². The van der Waals surface area contributed by atoms with Crippen LogP contribution in [-0.4, -0.2) is 95.9 Å². The van der Waals surface area contributed by atoms with Crippen molar-refractivity contribution in [3.63, 3.8) is 0 Å². The zero-order valence-electron chi connectivity index (χ0n) is 65.0. The summed E-state index contributed by atoms with van der Waals surface area (Å²) in [5.41, 5.74) is 0. The van der Waals surface area contributed by atoms with Gasteiger partial charge in [0.1, 0.15) is 25.4 Å². The van der Waals surface area contributed by atoms with E-state index in [-0.39, 0.29) is 19.3 Å². The summed E-state index contributed by atoms with van der Waals surface area (Å²) in [5.74, 6) is -1.62. The lowest BCUT2D eigenvalue weighted by atomic mass is 10.0. The van der Waals surface area contributed by atoms with Crippen LogP contribution in [0.4, 0.5) is 0 Å². The molecule has 18 heteroatoms. The number of unbranched alkanes of at least 4 members (excludes halogenated alkanes) is 34. The predicted octanol–water partition coefficient (Wildman–Crippen LogP) is 24.1. The van der Waals surface area contributed by atoms with Crippen LogP contribution in [0.2, 0.25) is 0 Å². The number of aliphatic hydroxyl groups is 2. The molecule has 0 heterocycles. The third-order valence-corrected chi connectivity index (χ3v) is 19.0. The molecular weight excluding hydrogens is 1340 g/mol. The molecule has 0 spiro atoms. The number of hydrogen-bond acceptors (Lipinski definition) is 14. The van der Waals surface area contributed by atoms with Crippen molar-refractivity contribution < 1.29 is 75.8 Å². The van der Waals surface area contributed by atoms with Crippen LogP contribution < -0.4 is 0 Å². The number of carbonyl (C=O) groups is 3. The number of allylic oxidation sites excluding steroid dienone is 20. The molecule has 0 rings (SSSR count). The molecule has 0 aromatic heterocycles. The molecule has 0 amide bonds. The van der Waals surface area contributed by atoms with E-state index in [2.05, 4.69) is 142 Å². The Morgan fingerprint density at radius 2 is 0.515 bits per heavy atom. The van der Waals surface area contributed by atoms with E-state index in [9.17, 15) is 43.5 Å². The summed E-state index contributed by atoms with van der Waals surface area (Å²) in [6, 6.07) is 0. The smallest absolute Gasteiger partial charge is 0.463 e. The Kier molecular flexibility index (Phi) is 74.5. The van der Waals surface area contributed by atoms with E-state index in [0.29, 0.717) is 19.3 Å². The van der Waals surface area contributed by atoms with E-state index >= 15 is 0 Å². The third kappa shape index (κ3) is 78.8. The van der Waals surface area contributed by atoms with Crippen molar-refractivity contribution in [3.05, 3.63) is 122 Å². The minimum absolute atomic E-state index is 0.0855. The van der Waals surface area contributed by atoms with Gasteiger partial charge in [0.15, 0.2) is 6.10 Å². The van der Waals surface area contributed by atoms with Gasteiger partial charge in [0.05, 0.1) is 26.4 Å². The zero-order valence-corrected chi connectivity index (χ0v) is 66.7. The highest BCUT2D eigenvalue weighted by Gasteiger charge is 2.29. The molecule has 5 unspecified atom stereocenters. The molecule has 0 aromatic carbocycles. The number of phosphoric ester groups is 2. The molecule has 0 aliphatic heterocycles. The maximum absolute atomic E-state index is 12.9. The summed E-state index contributed by atoms with van der Waals surface area (Å²) in [7, 11) is -9.80. The van der Waals surface area contributed by atoms with Crippen LogP contribution in [0.5, 0.6) is 0 Å². The summed E-state index contributed by atoms with van der Waals surface area (Å²) in [6.45, 7) is 2.49. The molecule has 16 nitrogen and oxygen atoms in total. The van der Waals surface area contributed by atoms with Crippen LogP contribution >= 0.6 is 15.6 Å². The summed E-state index contributed by atoms with van der Waals surface area (Å²) >= 11 is 0. The first-order chi connectivity index (χ1) is 50.2. The second kappa shape index (κ2) is 77.6. The molecule has 103 heavy (non-hydrogen) atoms. The fourth-order valence-electron chi connectivity index (χ4n) is 10.9. The average Bonchev–Trinajstić information content (AvgIpc) is 0.946. The van der Waals surface area contributed by atoms with Gasteiger partial charge in [-0.1, -0.05) is 309 Å². The second-order valence-electron chi connectivity index (χ2n) is 27.2. The minimum Gasteiger partial charge on any atom is -0.463 e. The van der Waals surface area contributed by atoms with E-state index < -0.39 is 91.5 Å². The quantitative estimate of drug-likeness (QED) is 0.0146. The number of rotatable bonds is 77. The Morgan fingerprint density at radius 3 is 0.854 bits per heavy atom. The lowest BCUT2D eigenvalue weighted by Crippen LogP contribution is -2.30. The molecule has 0 aliphatic carbocycles. The van der Waals surface area contributed by atoms with Crippen molar-refractivity contribution >= 4 is 33.6 Å². The van der Waals surface area contributed by atoms with Crippen molar-refractivity contribution in [2.75, 3.05) is 39.6 Å². The second-order valence-corrected chi connectivity index (χ2v) is 30.1. The molecule has 0 aromatic rings. The van der Waals surface area contributed by atoms with Crippen LogP contribution in [-0.2, 0) is 55.8 Å². The van der Waals surface area contributed by atoms with Crippen molar-refractivity contribution in [2.24, 2.45) is 0 Å². The number of phosphoric acid groups is 2. The van der Waals surface area contributed by atoms with E-state index in [1.54, 1.807) is 0 Å². The largest absolute Gasteiger partial charge is 0.472 e. The first-order valence-electron chi connectivity index (χ1n) is 40.8. The highest BCUT2D eigenvalue weighted by molar-refractivity contribution is 7.47. The lowest BCUT2D eigenvalue weighted by Gasteiger charge is -2.21. The van der Waals surface area contributed by atoms with Crippen LogP contribution in [0.3, 0.4) is 0 Å². The maximum atomic E-state index is 12.9. The Hall–Kier alpha value is -4.05. The molecule has 0 fully saturated rings. The van der Waals surface area contributed by atoms with Gasteiger partial charge in [-0.05, 0) is 135 Å². The first-order valence-corrected chi connectivity index (χ1v) is 43.8. The average molecular weight is 1490 g/mol. The Balaban J connectivity index is 4.38. The van der Waals surface area contributed by atoms with Gasteiger partial charge in [-0.3, -0.25) is 32.5 Å². The SMILES string of the molecule is CC/C=C\C/C=C\C/C=C\C/C=C\C/C=C\CCCCCC(=O)OCC(COP(=O)(O)OCC(O)COP(=O)(O)OCC(O)COC(=O)CCCCCCCCCCCCCCCCCCCCC/C=C\C/C=C\C/C=C\C/C=C\CCCCC)OC(=O)CCCCCCC/C=C\CCCCCC. The van der Waals surface area contributed by atoms with E-state index in [1.807, 2.05) is 0 Å². The number of esters is 3. The highest BCUT2D eigenvalue weighted by atomic mass is 31.2. The first kappa shape index (κ1) is 98.9. The molecule has 0 aliphatic rings. The highest BCUT2D eigenvalue weighted by Crippen LogP contribution is 2.45. The standard InChI is InChI=1S/C85H148O16P2/c1-4-7-10-13-16-19-22-25-27-29-31-32-33-34-35-36-37-38-39-40-41-42-43-44-45-46-48-50-51-54-56-59-62-65-68-71-83(88)95-74-80(86)75-97-102(91,92)98-76-81(87)77-99-103(93,94)100-79-82(101-85(90)73-70-67-64-61-58-53-24-21-18-15-12-9-6-3)78-96-84(89)72-69-66-63-60-57-55-52-49-47-30-28-26-23-20-17-14-11-8-5-2/h8,11,16-17,19-21,24-28,31-32,34-35,47,49,55,57,80-82,86-87H,4-7,9-10,12-15,18,22-23,29-30,33,36-46,48,50-54,56,58-79H2,1-3H3,(H,91,92)(H,93,94)/b11-8-,19-16-,20-17-,24-21-,27-25-,28-26-,32-31-,35-34-,49-47-,57-55-. The van der Waals surface area contributed by atoms with Gasteiger partial charge in [-0.2, -0.15) is 0 Å². The molecule has 0 bridgehead atoms. The van der Waals surface area contributed by atoms with Crippen molar-refractivity contribution in [3.8, 4) is 0 Å². The molecule has 0 saturated carbocycles. The maximum Gasteiger partial charge on any atom is 0.472 e.